The normalized spacial score (nSPS) is 18.5. The highest BCUT2D eigenvalue weighted by molar-refractivity contribution is 5.84. The lowest BCUT2D eigenvalue weighted by molar-refractivity contribution is -0.0769. The zero-order valence-corrected chi connectivity index (χ0v) is 18.5. The van der Waals surface area contributed by atoms with E-state index in [1.54, 1.807) is 6.07 Å². The number of hydrogen-bond acceptors (Lipinski definition) is 6. The molecule has 1 aromatic heterocycles. The molecule has 1 aromatic carbocycles. The summed E-state index contributed by atoms with van der Waals surface area (Å²) in [5.41, 5.74) is 1.67. The van der Waals surface area contributed by atoms with Crippen LogP contribution in [0.15, 0.2) is 30.3 Å². The molecule has 7 nitrogen and oxygen atoms in total. The van der Waals surface area contributed by atoms with Gasteiger partial charge in [-0.15, -0.1) is 0 Å². The monoisotopic (exact) mass is 425 g/mol. The van der Waals surface area contributed by atoms with Gasteiger partial charge in [0.05, 0.1) is 24.8 Å². The maximum Gasteiger partial charge on any atom is 0.410 e. The Morgan fingerprint density at radius 2 is 1.97 bits per heavy atom. The molecule has 0 N–H and O–H groups in total. The Kier molecular flexibility index (Phi) is 6.25. The number of ether oxygens (including phenoxy) is 2. The lowest BCUT2D eigenvalue weighted by Crippen LogP contribution is -2.55. The van der Waals surface area contributed by atoms with Crippen LogP contribution in [0.2, 0.25) is 0 Å². The number of piperidine rings is 1. The van der Waals surface area contributed by atoms with E-state index in [0.29, 0.717) is 18.3 Å². The molecule has 3 heterocycles. The molecule has 166 valence electrons. The number of aldehydes is 1. The molecule has 2 saturated heterocycles. The zero-order valence-electron chi connectivity index (χ0n) is 18.5. The largest absolute Gasteiger partial charge is 0.444 e. The van der Waals surface area contributed by atoms with Crippen molar-refractivity contribution in [3.63, 3.8) is 0 Å². The standard InChI is InChI=1S/C24H31N3O4/c1-24(2,3)31-23(29)27(20-8-10-26(11-9-20)21-15-30-16-21)13-17-4-7-22-18(12-17)5-6-19(14-28)25-22/h4-7,12,14,20-21H,8-11,13,15-16H2,1-3H3. The molecule has 0 bridgehead atoms. The number of nitrogens with zero attached hydrogens (tertiary/aromatic N) is 3. The average molecular weight is 426 g/mol. The number of aromatic nitrogens is 1. The third-order valence-electron chi connectivity index (χ3n) is 5.95. The topological polar surface area (TPSA) is 72.0 Å². The Balaban J connectivity index is 1.52. The van der Waals surface area contributed by atoms with Gasteiger partial charge in [0.25, 0.3) is 0 Å². The second-order valence-corrected chi connectivity index (χ2v) is 9.45. The lowest BCUT2D eigenvalue weighted by Gasteiger charge is -2.44. The molecule has 2 fully saturated rings. The summed E-state index contributed by atoms with van der Waals surface area (Å²) >= 11 is 0. The van der Waals surface area contributed by atoms with E-state index in [1.807, 2.05) is 49.9 Å². The van der Waals surface area contributed by atoms with E-state index in [9.17, 15) is 9.59 Å². The molecule has 2 aliphatic heterocycles. The van der Waals surface area contributed by atoms with E-state index in [1.165, 1.54) is 0 Å². The fourth-order valence-corrected chi connectivity index (χ4v) is 4.21. The molecule has 0 aliphatic carbocycles. The number of amides is 1. The van der Waals surface area contributed by atoms with Crippen molar-refractivity contribution in [2.24, 2.45) is 0 Å². The first-order valence-electron chi connectivity index (χ1n) is 11.0. The Morgan fingerprint density at radius 1 is 1.23 bits per heavy atom. The SMILES string of the molecule is CC(C)(C)OC(=O)N(Cc1ccc2nc(C=O)ccc2c1)C1CCN(C2COC2)CC1. The van der Waals surface area contributed by atoms with E-state index < -0.39 is 5.60 Å². The summed E-state index contributed by atoms with van der Waals surface area (Å²) < 4.78 is 11.1. The summed E-state index contributed by atoms with van der Waals surface area (Å²) in [5.74, 6) is 0. The molecule has 0 atom stereocenters. The number of fused-ring (bicyclic) bond motifs is 1. The maximum atomic E-state index is 13.1. The summed E-state index contributed by atoms with van der Waals surface area (Å²) in [6.07, 6.45) is 2.33. The average Bonchev–Trinajstić information content (AvgIpc) is 2.69. The predicted octanol–water partition coefficient (Wildman–Crippen LogP) is 3.65. The van der Waals surface area contributed by atoms with Crippen LogP contribution in [0.25, 0.3) is 10.9 Å². The Labute approximate surface area is 183 Å². The van der Waals surface area contributed by atoms with Crippen LogP contribution in [0.4, 0.5) is 4.79 Å². The van der Waals surface area contributed by atoms with Gasteiger partial charge in [-0.25, -0.2) is 9.78 Å². The highest BCUT2D eigenvalue weighted by Crippen LogP contribution is 2.25. The molecule has 1 amide bonds. The molecular formula is C24H31N3O4. The molecule has 0 spiro atoms. The molecule has 31 heavy (non-hydrogen) atoms. The van der Waals surface area contributed by atoms with Crippen LogP contribution >= 0.6 is 0 Å². The van der Waals surface area contributed by atoms with Crippen molar-refractivity contribution in [1.82, 2.24) is 14.8 Å². The van der Waals surface area contributed by atoms with Gasteiger partial charge < -0.3 is 14.4 Å². The van der Waals surface area contributed by atoms with Crippen molar-refractivity contribution in [3.05, 3.63) is 41.6 Å². The summed E-state index contributed by atoms with van der Waals surface area (Å²) in [6.45, 7) is 9.74. The fraction of sp³-hybridized carbons (Fsp3) is 0.542. The Morgan fingerprint density at radius 3 is 2.58 bits per heavy atom. The second kappa shape index (κ2) is 8.93. The van der Waals surface area contributed by atoms with Crippen molar-refractivity contribution in [2.75, 3.05) is 26.3 Å². The van der Waals surface area contributed by atoms with Gasteiger partial charge in [0.15, 0.2) is 6.29 Å². The number of benzene rings is 1. The van der Waals surface area contributed by atoms with Crippen molar-refractivity contribution in [2.45, 2.75) is 57.8 Å². The first-order valence-corrected chi connectivity index (χ1v) is 11.0. The third kappa shape index (κ3) is 5.22. The summed E-state index contributed by atoms with van der Waals surface area (Å²) in [7, 11) is 0. The van der Waals surface area contributed by atoms with Crippen LogP contribution in [0, 0.1) is 0 Å². The van der Waals surface area contributed by atoms with Crippen molar-refractivity contribution < 1.29 is 19.1 Å². The van der Waals surface area contributed by atoms with E-state index in [0.717, 1.165) is 61.9 Å². The highest BCUT2D eigenvalue weighted by atomic mass is 16.6. The minimum Gasteiger partial charge on any atom is -0.444 e. The zero-order chi connectivity index (χ0) is 22.0. The molecule has 7 heteroatoms. The molecule has 0 unspecified atom stereocenters. The van der Waals surface area contributed by atoms with E-state index in [4.69, 9.17) is 9.47 Å². The number of carbonyl (C=O) groups excluding carboxylic acids is 2. The van der Waals surface area contributed by atoms with Crippen molar-refractivity contribution in [3.8, 4) is 0 Å². The quantitative estimate of drug-likeness (QED) is 0.681. The van der Waals surface area contributed by atoms with Crippen LogP contribution < -0.4 is 0 Å². The smallest absolute Gasteiger partial charge is 0.410 e. The fourth-order valence-electron chi connectivity index (χ4n) is 4.21. The minimum absolute atomic E-state index is 0.137. The predicted molar refractivity (Wildman–Crippen MR) is 118 cm³/mol. The molecule has 0 radical (unpaired) electrons. The number of hydrogen-bond donors (Lipinski definition) is 0. The van der Waals surface area contributed by atoms with Gasteiger partial charge in [0.2, 0.25) is 0 Å². The Bertz CT molecular complexity index is 943. The second-order valence-electron chi connectivity index (χ2n) is 9.45. The maximum absolute atomic E-state index is 13.1. The van der Waals surface area contributed by atoms with Crippen LogP contribution in [-0.4, -0.2) is 71.2 Å². The van der Waals surface area contributed by atoms with Crippen LogP contribution in [0.5, 0.6) is 0 Å². The molecule has 2 aromatic rings. The van der Waals surface area contributed by atoms with E-state index in [-0.39, 0.29) is 12.1 Å². The minimum atomic E-state index is -0.544. The number of likely N-dealkylation sites (tertiary alicyclic amines) is 1. The lowest BCUT2D eigenvalue weighted by atomic mass is 10.00. The molecule has 2 aliphatic rings. The van der Waals surface area contributed by atoms with E-state index >= 15 is 0 Å². The van der Waals surface area contributed by atoms with Gasteiger partial charge in [0, 0.05) is 31.1 Å². The molecular weight excluding hydrogens is 394 g/mol. The number of carbonyl (C=O) groups is 2. The van der Waals surface area contributed by atoms with Crippen molar-refractivity contribution in [1.29, 1.82) is 0 Å². The Hall–Kier alpha value is -2.51. The molecule has 0 saturated carbocycles. The first-order chi connectivity index (χ1) is 14.8. The molecule has 4 rings (SSSR count). The van der Waals surface area contributed by atoms with Crippen LogP contribution in [0.3, 0.4) is 0 Å². The number of pyridine rings is 1. The third-order valence-corrected chi connectivity index (χ3v) is 5.95. The van der Waals surface area contributed by atoms with E-state index in [2.05, 4.69) is 9.88 Å². The van der Waals surface area contributed by atoms with Gasteiger partial charge >= 0.3 is 6.09 Å². The first kappa shape index (κ1) is 21.7. The van der Waals surface area contributed by atoms with Gasteiger partial charge in [-0.1, -0.05) is 12.1 Å². The summed E-state index contributed by atoms with van der Waals surface area (Å²) in [5, 5.41) is 0.951. The van der Waals surface area contributed by atoms with Gasteiger partial charge in [-0.3, -0.25) is 9.69 Å². The van der Waals surface area contributed by atoms with Gasteiger partial charge in [-0.05, 0) is 57.4 Å². The van der Waals surface area contributed by atoms with Crippen molar-refractivity contribution >= 4 is 23.3 Å². The van der Waals surface area contributed by atoms with Gasteiger partial charge in [-0.2, -0.15) is 0 Å². The van der Waals surface area contributed by atoms with Gasteiger partial charge in [0.1, 0.15) is 11.3 Å². The number of rotatable bonds is 5. The van der Waals surface area contributed by atoms with Crippen LogP contribution in [-0.2, 0) is 16.0 Å². The summed E-state index contributed by atoms with van der Waals surface area (Å²) in [6, 6.07) is 10.2. The van der Waals surface area contributed by atoms with Crippen LogP contribution in [0.1, 0.15) is 49.7 Å². The highest BCUT2D eigenvalue weighted by Gasteiger charge is 2.34. The summed E-state index contributed by atoms with van der Waals surface area (Å²) in [4.78, 5) is 32.8.